The first-order valence-corrected chi connectivity index (χ1v) is 8.55. The van der Waals surface area contributed by atoms with E-state index < -0.39 is 0 Å². The summed E-state index contributed by atoms with van der Waals surface area (Å²) in [5, 5.41) is 7.63. The lowest BCUT2D eigenvalue weighted by Crippen LogP contribution is -2.06. The van der Waals surface area contributed by atoms with Crippen LogP contribution in [0.5, 0.6) is 0 Å². The highest BCUT2D eigenvalue weighted by atomic mass is 16.5. The Kier molecular flexibility index (Phi) is 5.63. The van der Waals surface area contributed by atoms with Gasteiger partial charge in [-0.1, -0.05) is 12.1 Å². The van der Waals surface area contributed by atoms with Gasteiger partial charge < -0.3 is 15.4 Å². The lowest BCUT2D eigenvalue weighted by molar-refractivity contribution is -0.140. The van der Waals surface area contributed by atoms with E-state index >= 15 is 0 Å². The third kappa shape index (κ3) is 4.47. The highest BCUT2D eigenvalue weighted by molar-refractivity contribution is 5.92. The number of fused-ring (bicyclic) bond motifs is 1. The van der Waals surface area contributed by atoms with Crippen molar-refractivity contribution in [1.29, 1.82) is 0 Å². The molecule has 0 saturated heterocycles. The first-order valence-electron chi connectivity index (χ1n) is 8.55. The van der Waals surface area contributed by atoms with E-state index in [1.807, 2.05) is 30.3 Å². The average molecular weight is 350 g/mol. The van der Waals surface area contributed by atoms with Gasteiger partial charge in [-0.05, 0) is 49.2 Å². The molecule has 6 heteroatoms. The molecule has 0 saturated carbocycles. The summed E-state index contributed by atoms with van der Waals surface area (Å²) >= 11 is 0. The number of hydrogen-bond donors (Lipinski definition) is 2. The molecule has 1 heterocycles. The van der Waals surface area contributed by atoms with E-state index in [1.165, 1.54) is 12.7 Å². The summed E-state index contributed by atoms with van der Waals surface area (Å²) in [7, 11) is 1.40. The number of anilines is 3. The zero-order valence-electron chi connectivity index (χ0n) is 15.0. The zero-order valence-corrected chi connectivity index (χ0v) is 15.0. The number of carbonyl (C=O) groups excluding carboxylic acids is 1. The molecule has 0 unspecified atom stereocenters. The minimum Gasteiger partial charge on any atom is -0.469 e. The van der Waals surface area contributed by atoms with E-state index in [2.05, 4.69) is 44.4 Å². The molecule has 0 atom stereocenters. The molecule has 0 fully saturated rings. The molecule has 2 aromatic carbocycles. The summed E-state index contributed by atoms with van der Waals surface area (Å²) in [4.78, 5) is 19.9. The van der Waals surface area contributed by atoms with Crippen LogP contribution in [0, 0.1) is 6.92 Å². The number of carbonyl (C=O) groups is 1. The molecule has 2 N–H and O–H groups in total. The van der Waals surface area contributed by atoms with Crippen LogP contribution in [0.3, 0.4) is 0 Å². The third-order valence-corrected chi connectivity index (χ3v) is 4.03. The van der Waals surface area contributed by atoms with Crippen LogP contribution in [-0.2, 0) is 9.53 Å². The van der Waals surface area contributed by atoms with E-state index in [4.69, 9.17) is 0 Å². The number of esters is 1. The Morgan fingerprint density at radius 1 is 1.12 bits per heavy atom. The molecule has 26 heavy (non-hydrogen) atoms. The van der Waals surface area contributed by atoms with Crippen molar-refractivity contribution >= 4 is 34.1 Å². The van der Waals surface area contributed by atoms with E-state index in [0.717, 1.165) is 28.1 Å². The molecule has 0 amide bonds. The second-order valence-electron chi connectivity index (χ2n) is 6.06. The number of benzene rings is 2. The Labute approximate surface area is 152 Å². The van der Waals surface area contributed by atoms with Gasteiger partial charge in [0.15, 0.2) is 0 Å². The third-order valence-electron chi connectivity index (χ3n) is 4.03. The maximum Gasteiger partial charge on any atom is 0.305 e. The van der Waals surface area contributed by atoms with Gasteiger partial charge in [-0.2, -0.15) is 0 Å². The van der Waals surface area contributed by atoms with Crippen LogP contribution >= 0.6 is 0 Å². The predicted octanol–water partition coefficient (Wildman–Crippen LogP) is 4.05. The van der Waals surface area contributed by atoms with Crippen molar-refractivity contribution in [2.45, 2.75) is 19.8 Å². The minimum atomic E-state index is -0.191. The fourth-order valence-electron chi connectivity index (χ4n) is 2.69. The van der Waals surface area contributed by atoms with Gasteiger partial charge in [0, 0.05) is 29.7 Å². The van der Waals surface area contributed by atoms with Crippen molar-refractivity contribution in [2.24, 2.45) is 0 Å². The quantitative estimate of drug-likeness (QED) is 0.495. The molecule has 0 aliphatic carbocycles. The molecule has 3 rings (SSSR count). The second kappa shape index (κ2) is 8.29. The number of aryl methyl sites for hydroxylation is 1. The summed E-state index contributed by atoms with van der Waals surface area (Å²) in [5.74, 6) is 0.571. The number of ether oxygens (including phenoxy) is 1. The van der Waals surface area contributed by atoms with Crippen LogP contribution in [0.1, 0.15) is 18.4 Å². The second-order valence-corrected chi connectivity index (χ2v) is 6.06. The fraction of sp³-hybridized carbons (Fsp3) is 0.250. The first kappa shape index (κ1) is 17.7. The Morgan fingerprint density at radius 2 is 2.00 bits per heavy atom. The molecule has 0 radical (unpaired) electrons. The van der Waals surface area contributed by atoms with Gasteiger partial charge >= 0.3 is 5.97 Å². The predicted molar refractivity (Wildman–Crippen MR) is 104 cm³/mol. The number of rotatable bonds is 7. The number of aromatic nitrogens is 2. The van der Waals surface area contributed by atoms with Crippen LogP contribution in [-0.4, -0.2) is 29.6 Å². The van der Waals surface area contributed by atoms with Crippen molar-refractivity contribution in [1.82, 2.24) is 9.97 Å². The van der Waals surface area contributed by atoms with Crippen molar-refractivity contribution < 1.29 is 9.53 Å². The molecule has 134 valence electrons. The van der Waals surface area contributed by atoms with Crippen molar-refractivity contribution in [3.8, 4) is 0 Å². The summed E-state index contributed by atoms with van der Waals surface area (Å²) in [6, 6.07) is 14.1. The van der Waals surface area contributed by atoms with Crippen molar-refractivity contribution in [2.75, 3.05) is 24.3 Å². The number of methoxy groups -OCH3 is 1. The lowest BCUT2D eigenvalue weighted by atomic mass is 10.2. The maximum absolute atomic E-state index is 11.2. The summed E-state index contributed by atoms with van der Waals surface area (Å²) in [6.45, 7) is 2.74. The number of hydrogen-bond acceptors (Lipinski definition) is 6. The Hall–Kier alpha value is -3.15. The van der Waals surface area contributed by atoms with E-state index in [-0.39, 0.29) is 5.97 Å². The highest BCUT2D eigenvalue weighted by Crippen LogP contribution is 2.26. The monoisotopic (exact) mass is 350 g/mol. The molecule has 0 spiro atoms. The number of nitrogens with one attached hydrogen (secondary N) is 2. The van der Waals surface area contributed by atoms with Gasteiger partial charge in [0.25, 0.3) is 0 Å². The smallest absolute Gasteiger partial charge is 0.305 e. The van der Waals surface area contributed by atoms with E-state index in [0.29, 0.717) is 19.4 Å². The molecule has 3 aromatic rings. The number of nitrogens with zero attached hydrogens (tertiary/aromatic N) is 2. The van der Waals surface area contributed by atoms with Gasteiger partial charge in [0.05, 0.1) is 12.6 Å². The minimum absolute atomic E-state index is 0.191. The Bertz CT molecular complexity index is 911. The van der Waals surface area contributed by atoms with Crippen LogP contribution < -0.4 is 10.6 Å². The van der Waals surface area contributed by atoms with E-state index in [9.17, 15) is 4.79 Å². The standard InChI is InChI=1S/C20H22N4O2/c1-14-5-3-6-16(11-14)24-20-17-12-15(8-9-18(17)22-13-23-20)21-10-4-7-19(25)26-2/h3,5-6,8-9,11-13,21H,4,7,10H2,1-2H3,(H,22,23,24). The normalized spacial score (nSPS) is 10.5. The van der Waals surface area contributed by atoms with Gasteiger partial charge in [-0.25, -0.2) is 9.97 Å². The van der Waals surface area contributed by atoms with Crippen LogP contribution in [0.4, 0.5) is 17.2 Å². The lowest BCUT2D eigenvalue weighted by Gasteiger charge is -2.11. The summed E-state index contributed by atoms with van der Waals surface area (Å²) < 4.78 is 4.65. The van der Waals surface area contributed by atoms with Gasteiger partial charge in [-0.3, -0.25) is 4.79 Å². The van der Waals surface area contributed by atoms with Gasteiger partial charge in [0.2, 0.25) is 0 Å². The molecular formula is C20H22N4O2. The van der Waals surface area contributed by atoms with Gasteiger partial charge in [0.1, 0.15) is 12.1 Å². The highest BCUT2D eigenvalue weighted by Gasteiger charge is 2.06. The van der Waals surface area contributed by atoms with Crippen molar-refractivity contribution in [3.63, 3.8) is 0 Å². The summed E-state index contributed by atoms with van der Waals surface area (Å²) in [5.41, 5.74) is 4.00. The first-order chi connectivity index (χ1) is 12.7. The molecule has 0 bridgehead atoms. The van der Waals surface area contributed by atoms with Crippen LogP contribution in [0.15, 0.2) is 48.8 Å². The average Bonchev–Trinajstić information content (AvgIpc) is 2.65. The fourth-order valence-corrected chi connectivity index (χ4v) is 2.69. The van der Waals surface area contributed by atoms with Gasteiger partial charge in [-0.15, -0.1) is 0 Å². The van der Waals surface area contributed by atoms with Crippen LogP contribution in [0.25, 0.3) is 10.9 Å². The molecule has 0 aliphatic rings. The topological polar surface area (TPSA) is 76.1 Å². The van der Waals surface area contributed by atoms with E-state index in [1.54, 1.807) is 6.33 Å². The Morgan fingerprint density at radius 3 is 2.81 bits per heavy atom. The largest absolute Gasteiger partial charge is 0.469 e. The summed E-state index contributed by atoms with van der Waals surface area (Å²) in [6.07, 6.45) is 2.68. The molecule has 6 nitrogen and oxygen atoms in total. The Balaban J connectivity index is 1.76. The van der Waals surface area contributed by atoms with Crippen molar-refractivity contribution in [3.05, 3.63) is 54.4 Å². The van der Waals surface area contributed by atoms with Crippen LogP contribution in [0.2, 0.25) is 0 Å². The maximum atomic E-state index is 11.2. The molecular weight excluding hydrogens is 328 g/mol. The SMILES string of the molecule is COC(=O)CCCNc1ccc2ncnc(Nc3cccc(C)c3)c2c1. The molecule has 1 aromatic heterocycles. The molecule has 0 aliphatic heterocycles. The zero-order chi connectivity index (χ0) is 18.4.